The second kappa shape index (κ2) is 7.26. The van der Waals surface area contributed by atoms with Crippen molar-refractivity contribution in [2.75, 3.05) is 10.6 Å². The number of carbonyl (C=O) groups is 2. The maximum absolute atomic E-state index is 12.2. The van der Waals surface area contributed by atoms with Crippen LogP contribution >= 0.6 is 15.9 Å². The molecule has 0 radical (unpaired) electrons. The molecule has 0 saturated heterocycles. The van der Waals surface area contributed by atoms with E-state index in [4.69, 9.17) is 0 Å². The van der Waals surface area contributed by atoms with E-state index in [0.717, 1.165) is 9.13 Å². The molecule has 0 atom stereocenters. The van der Waals surface area contributed by atoms with Gasteiger partial charge in [-0.1, -0.05) is 15.9 Å². The van der Waals surface area contributed by atoms with Crippen LogP contribution in [0.5, 0.6) is 0 Å². The zero-order chi connectivity index (χ0) is 17.9. The molecular formula is C15H15BrN4O4. The van der Waals surface area contributed by atoms with Crippen molar-refractivity contribution < 1.29 is 9.59 Å². The lowest BCUT2D eigenvalue weighted by molar-refractivity contribution is -0.117. The summed E-state index contributed by atoms with van der Waals surface area (Å²) >= 11 is 3.29. The van der Waals surface area contributed by atoms with Crippen molar-refractivity contribution in [1.29, 1.82) is 0 Å². The number of benzene rings is 1. The Bertz CT molecular complexity index is 916. The Labute approximate surface area is 145 Å². The third-order valence-corrected chi connectivity index (χ3v) is 3.63. The van der Waals surface area contributed by atoms with Gasteiger partial charge in [0.2, 0.25) is 11.8 Å². The molecule has 0 aliphatic carbocycles. The first-order valence-electron chi connectivity index (χ1n) is 6.91. The maximum atomic E-state index is 12.2. The molecule has 2 rings (SSSR count). The van der Waals surface area contributed by atoms with Crippen molar-refractivity contribution in [3.05, 3.63) is 55.8 Å². The third-order valence-electron chi connectivity index (χ3n) is 3.14. The molecule has 126 valence electrons. The number of hydrogen-bond acceptors (Lipinski definition) is 4. The SMILES string of the molecule is CC(=O)Nc1ccc(Br)cc1NC(=O)Cn1ccc(=O)n(C)c1=O. The van der Waals surface area contributed by atoms with Gasteiger partial charge in [-0.2, -0.15) is 0 Å². The summed E-state index contributed by atoms with van der Waals surface area (Å²) < 4.78 is 2.74. The number of nitrogens with one attached hydrogen (secondary N) is 2. The number of hydrogen-bond donors (Lipinski definition) is 2. The molecule has 0 unspecified atom stereocenters. The van der Waals surface area contributed by atoms with Crippen LogP contribution in [0, 0.1) is 0 Å². The Hall–Kier alpha value is -2.68. The highest BCUT2D eigenvalue weighted by molar-refractivity contribution is 9.10. The highest BCUT2D eigenvalue weighted by atomic mass is 79.9. The molecule has 0 aliphatic heterocycles. The number of carbonyl (C=O) groups excluding carboxylic acids is 2. The molecule has 8 nitrogen and oxygen atoms in total. The van der Waals surface area contributed by atoms with Gasteiger partial charge in [-0.3, -0.25) is 23.5 Å². The van der Waals surface area contributed by atoms with Crippen LogP contribution in [0.15, 0.2) is 44.5 Å². The maximum Gasteiger partial charge on any atom is 0.331 e. The minimum Gasteiger partial charge on any atom is -0.325 e. The van der Waals surface area contributed by atoms with Crippen LogP contribution in [0.3, 0.4) is 0 Å². The normalized spacial score (nSPS) is 10.3. The van der Waals surface area contributed by atoms with Gasteiger partial charge in [-0.25, -0.2) is 4.79 Å². The minimum absolute atomic E-state index is 0.265. The topological polar surface area (TPSA) is 102 Å². The second-order valence-electron chi connectivity index (χ2n) is 5.04. The van der Waals surface area contributed by atoms with Crippen molar-refractivity contribution in [3.8, 4) is 0 Å². The Balaban J connectivity index is 2.23. The van der Waals surface area contributed by atoms with Gasteiger partial charge in [-0.05, 0) is 18.2 Å². The van der Waals surface area contributed by atoms with Gasteiger partial charge in [-0.15, -0.1) is 0 Å². The van der Waals surface area contributed by atoms with E-state index in [1.165, 1.54) is 26.2 Å². The molecule has 9 heteroatoms. The molecule has 24 heavy (non-hydrogen) atoms. The van der Waals surface area contributed by atoms with Gasteiger partial charge in [0.15, 0.2) is 0 Å². The van der Waals surface area contributed by atoms with Crippen LogP contribution in [0.1, 0.15) is 6.92 Å². The first-order chi connectivity index (χ1) is 11.3. The van der Waals surface area contributed by atoms with E-state index in [0.29, 0.717) is 15.8 Å². The summed E-state index contributed by atoms with van der Waals surface area (Å²) in [5, 5.41) is 5.25. The van der Waals surface area contributed by atoms with Crippen LogP contribution in [-0.2, 0) is 23.2 Å². The lowest BCUT2D eigenvalue weighted by Gasteiger charge is -2.13. The summed E-state index contributed by atoms with van der Waals surface area (Å²) in [5.74, 6) is -0.748. The lowest BCUT2D eigenvalue weighted by Crippen LogP contribution is -2.39. The summed E-state index contributed by atoms with van der Waals surface area (Å²) in [5.41, 5.74) is -0.208. The highest BCUT2D eigenvalue weighted by Gasteiger charge is 2.11. The smallest absolute Gasteiger partial charge is 0.325 e. The van der Waals surface area contributed by atoms with Crippen molar-refractivity contribution in [2.45, 2.75) is 13.5 Å². The predicted octanol–water partition coefficient (Wildman–Crippen LogP) is 0.907. The number of halogens is 1. The van der Waals surface area contributed by atoms with E-state index in [2.05, 4.69) is 26.6 Å². The average molecular weight is 395 g/mol. The van der Waals surface area contributed by atoms with Crippen molar-refractivity contribution in [3.63, 3.8) is 0 Å². The quantitative estimate of drug-likeness (QED) is 0.803. The number of nitrogens with zero attached hydrogens (tertiary/aromatic N) is 2. The van der Waals surface area contributed by atoms with E-state index in [9.17, 15) is 19.2 Å². The Morgan fingerprint density at radius 3 is 2.50 bits per heavy atom. The van der Waals surface area contributed by atoms with Crippen LogP contribution in [0.4, 0.5) is 11.4 Å². The lowest BCUT2D eigenvalue weighted by atomic mass is 10.2. The fourth-order valence-corrected chi connectivity index (χ4v) is 2.36. The van der Waals surface area contributed by atoms with Gasteiger partial charge >= 0.3 is 5.69 Å². The van der Waals surface area contributed by atoms with Crippen LogP contribution in [0.25, 0.3) is 0 Å². The summed E-state index contributed by atoms with van der Waals surface area (Å²) in [6.07, 6.45) is 1.26. The van der Waals surface area contributed by atoms with E-state index >= 15 is 0 Å². The number of amides is 2. The largest absolute Gasteiger partial charge is 0.331 e. The molecule has 0 saturated carbocycles. The summed E-state index contributed by atoms with van der Waals surface area (Å²) in [7, 11) is 1.34. The first kappa shape index (κ1) is 17.7. The summed E-state index contributed by atoms with van der Waals surface area (Å²) in [4.78, 5) is 46.7. The molecule has 0 spiro atoms. The Morgan fingerprint density at radius 2 is 1.83 bits per heavy atom. The Kier molecular flexibility index (Phi) is 5.35. The van der Waals surface area contributed by atoms with Gasteiger partial charge in [0.25, 0.3) is 5.56 Å². The van der Waals surface area contributed by atoms with Crippen molar-refractivity contribution in [2.24, 2.45) is 7.05 Å². The van der Waals surface area contributed by atoms with Gasteiger partial charge in [0.1, 0.15) is 6.54 Å². The second-order valence-corrected chi connectivity index (χ2v) is 5.96. The fourth-order valence-electron chi connectivity index (χ4n) is 2.00. The van der Waals surface area contributed by atoms with Crippen molar-refractivity contribution >= 4 is 39.1 Å². The van der Waals surface area contributed by atoms with Crippen LogP contribution in [0.2, 0.25) is 0 Å². The standard InChI is InChI=1S/C15H15BrN4O4/c1-9(21)17-11-4-3-10(16)7-12(11)18-13(22)8-20-6-5-14(23)19(2)15(20)24/h3-7H,8H2,1-2H3,(H,17,21)(H,18,22). The third kappa shape index (κ3) is 4.19. The van der Waals surface area contributed by atoms with E-state index in [1.54, 1.807) is 18.2 Å². The molecule has 1 heterocycles. The molecular weight excluding hydrogens is 380 g/mol. The monoisotopic (exact) mass is 394 g/mol. The molecule has 0 fully saturated rings. The van der Waals surface area contributed by atoms with Crippen LogP contribution in [-0.4, -0.2) is 20.9 Å². The summed E-state index contributed by atoms with van der Waals surface area (Å²) in [6, 6.07) is 6.20. The molecule has 2 N–H and O–H groups in total. The van der Waals surface area contributed by atoms with E-state index in [-0.39, 0.29) is 12.5 Å². The zero-order valence-corrected chi connectivity index (χ0v) is 14.6. The number of anilines is 2. The van der Waals surface area contributed by atoms with Crippen molar-refractivity contribution in [1.82, 2.24) is 9.13 Å². The van der Waals surface area contributed by atoms with Gasteiger partial charge in [0.05, 0.1) is 11.4 Å². The molecule has 0 aliphatic rings. The minimum atomic E-state index is -0.589. The molecule has 1 aromatic carbocycles. The molecule has 0 bridgehead atoms. The molecule has 2 amide bonds. The predicted molar refractivity (Wildman–Crippen MR) is 93.0 cm³/mol. The molecule has 1 aromatic heterocycles. The number of rotatable bonds is 4. The van der Waals surface area contributed by atoms with E-state index < -0.39 is 17.2 Å². The zero-order valence-electron chi connectivity index (χ0n) is 13.0. The molecule has 2 aromatic rings. The summed E-state index contributed by atoms with van der Waals surface area (Å²) in [6.45, 7) is 1.09. The highest BCUT2D eigenvalue weighted by Crippen LogP contribution is 2.26. The van der Waals surface area contributed by atoms with E-state index in [1.807, 2.05) is 0 Å². The first-order valence-corrected chi connectivity index (χ1v) is 7.70. The average Bonchev–Trinajstić information content (AvgIpc) is 2.50. The van der Waals surface area contributed by atoms with Crippen LogP contribution < -0.4 is 21.9 Å². The van der Waals surface area contributed by atoms with Gasteiger partial charge < -0.3 is 10.6 Å². The Morgan fingerprint density at radius 1 is 1.12 bits per heavy atom. The van der Waals surface area contributed by atoms with Gasteiger partial charge in [0, 0.05) is 30.7 Å². The fraction of sp³-hybridized carbons (Fsp3) is 0.200. The number of aromatic nitrogens is 2.